The van der Waals surface area contributed by atoms with E-state index in [1.54, 1.807) is 0 Å². The Hall–Kier alpha value is -0.900. The number of hydrogen-bond donors (Lipinski definition) is 1. The standard InChI is InChI=1S/C12H11ClO2S/c1-8-4-9-2-3-12(13)6-10(9)5-11(8)7-16(14)15/h2-6H,7H2,1H3,(H,14,15). The molecule has 2 aromatic carbocycles. The fourth-order valence-electron chi connectivity index (χ4n) is 1.72. The van der Waals surface area contributed by atoms with Gasteiger partial charge in [0.25, 0.3) is 0 Å². The van der Waals surface area contributed by atoms with Crippen LogP contribution in [-0.2, 0) is 16.8 Å². The molecule has 0 aliphatic heterocycles. The van der Waals surface area contributed by atoms with Gasteiger partial charge in [0.1, 0.15) is 0 Å². The SMILES string of the molecule is Cc1cc2ccc(Cl)cc2cc1CS(=O)O. The third kappa shape index (κ3) is 2.43. The van der Waals surface area contributed by atoms with Crippen molar-refractivity contribution in [3.05, 3.63) is 46.5 Å². The lowest BCUT2D eigenvalue weighted by molar-refractivity contribution is 0.563. The number of rotatable bonds is 2. The summed E-state index contributed by atoms with van der Waals surface area (Å²) in [7, 11) is 0. The average molecular weight is 255 g/mol. The smallest absolute Gasteiger partial charge is 0.157 e. The number of fused-ring (bicyclic) bond motifs is 1. The summed E-state index contributed by atoms with van der Waals surface area (Å²) in [5.74, 6) is 0.161. The molecule has 0 saturated carbocycles. The average Bonchev–Trinajstić information content (AvgIpc) is 2.19. The molecule has 1 unspecified atom stereocenters. The van der Waals surface area contributed by atoms with Crippen molar-refractivity contribution in [3.63, 3.8) is 0 Å². The Labute approximate surface area is 102 Å². The fraction of sp³-hybridized carbons (Fsp3) is 0.167. The van der Waals surface area contributed by atoms with E-state index < -0.39 is 11.1 Å². The van der Waals surface area contributed by atoms with Gasteiger partial charge in [-0.25, -0.2) is 4.21 Å². The minimum Gasteiger partial charge on any atom is -0.306 e. The van der Waals surface area contributed by atoms with Gasteiger partial charge in [0.05, 0.1) is 5.75 Å². The minimum absolute atomic E-state index is 0.161. The molecule has 1 atom stereocenters. The van der Waals surface area contributed by atoms with Crippen LogP contribution in [-0.4, -0.2) is 8.76 Å². The van der Waals surface area contributed by atoms with Crippen molar-refractivity contribution < 1.29 is 8.76 Å². The maximum Gasteiger partial charge on any atom is 0.157 e. The molecule has 0 heterocycles. The van der Waals surface area contributed by atoms with E-state index >= 15 is 0 Å². The molecule has 0 aliphatic carbocycles. The first-order valence-corrected chi connectivity index (χ1v) is 6.48. The van der Waals surface area contributed by atoms with Crippen LogP contribution in [0.5, 0.6) is 0 Å². The quantitative estimate of drug-likeness (QED) is 0.833. The minimum atomic E-state index is -1.81. The van der Waals surface area contributed by atoms with Crippen molar-refractivity contribution in [2.24, 2.45) is 0 Å². The molecule has 16 heavy (non-hydrogen) atoms. The van der Waals surface area contributed by atoms with E-state index in [1.165, 1.54) is 0 Å². The Morgan fingerprint density at radius 3 is 2.69 bits per heavy atom. The highest BCUT2D eigenvalue weighted by Crippen LogP contribution is 2.23. The van der Waals surface area contributed by atoms with Crippen LogP contribution in [0.3, 0.4) is 0 Å². The summed E-state index contributed by atoms with van der Waals surface area (Å²) < 4.78 is 19.7. The van der Waals surface area contributed by atoms with Crippen molar-refractivity contribution in [3.8, 4) is 0 Å². The molecule has 2 rings (SSSR count). The maximum absolute atomic E-state index is 10.8. The van der Waals surface area contributed by atoms with Gasteiger partial charge < -0.3 is 4.55 Å². The first-order valence-electron chi connectivity index (χ1n) is 4.82. The van der Waals surface area contributed by atoms with Crippen LogP contribution < -0.4 is 0 Å². The predicted octanol–water partition coefficient (Wildman–Crippen LogP) is 3.52. The zero-order valence-electron chi connectivity index (χ0n) is 8.74. The van der Waals surface area contributed by atoms with Crippen LogP contribution in [0.15, 0.2) is 30.3 Å². The van der Waals surface area contributed by atoms with E-state index in [1.807, 2.05) is 37.3 Å². The second kappa shape index (κ2) is 4.53. The van der Waals surface area contributed by atoms with Gasteiger partial charge in [-0.05, 0) is 47.0 Å². The van der Waals surface area contributed by atoms with Crippen molar-refractivity contribution in [1.29, 1.82) is 0 Å². The summed E-state index contributed by atoms with van der Waals surface area (Å²) >= 11 is 4.10. The Bertz CT molecular complexity index is 566. The summed E-state index contributed by atoms with van der Waals surface area (Å²) in [6.45, 7) is 1.94. The van der Waals surface area contributed by atoms with Crippen LogP contribution in [0.2, 0.25) is 5.02 Å². The first-order chi connectivity index (χ1) is 7.56. The highest BCUT2D eigenvalue weighted by Gasteiger charge is 2.04. The van der Waals surface area contributed by atoms with E-state index in [2.05, 4.69) is 0 Å². The third-order valence-corrected chi connectivity index (χ3v) is 3.33. The number of aryl methyl sites for hydroxylation is 1. The summed E-state index contributed by atoms with van der Waals surface area (Å²) in [6.07, 6.45) is 0. The van der Waals surface area contributed by atoms with Crippen LogP contribution in [0.1, 0.15) is 11.1 Å². The fourth-order valence-corrected chi connectivity index (χ4v) is 2.48. The van der Waals surface area contributed by atoms with Gasteiger partial charge >= 0.3 is 0 Å². The van der Waals surface area contributed by atoms with Crippen molar-refractivity contribution in [1.82, 2.24) is 0 Å². The monoisotopic (exact) mass is 254 g/mol. The van der Waals surface area contributed by atoms with Gasteiger partial charge in [0.15, 0.2) is 11.1 Å². The number of benzene rings is 2. The van der Waals surface area contributed by atoms with E-state index in [9.17, 15) is 4.21 Å². The molecule has 0 amide bonds. The molecule has 2 nitrogen and oxygen atoms in total. The molecule has 2 aromatic rings. The Morgan fingerprint density at radius 1 is 1.25 bits per heavy atom. The molecule has 0 saturated heterocycles. The van der Waals surface area contributed by atoms with Crippen LogP contribution >= 0.6 is 11.6 Å². The van der Waals surface area contributed by atoms with Gasteiger partial charge in [-0.15, -0.1) is 0 Å². The zero-order valence-corrected chi connectivity index (χ0v) is 10.3. The highest BCUT2D eigenvalue weighted by molar-refractivity contribution is 7.78. The molecular formula is C12H11ClO2S. The largest absolute Gasteiger partial charge is 0.306 e. The first kappa shape index (κ1) is 11.6. The second-order valence-corrected chi connectivity index (χ2v) is 5.10. The van der Waals surface area contributed by atoms with Crippen LogP contribution in [0, 0.1) is 6.92 Å². The lowest BCUT2D eigenvalue weighted by Crippen LogP contribution is -1.96. The normalized spacial score (nSPS) is 12.9. The molecule has 0 aliphatic rings. The van der Waals surface area contributed by atoms with Crippen molar-refractivity contribution in [2.75, 3.05) is 0 Å². The van der Waals surface area contributed by atoms with Crippen molar-refractivity contribution >= 4 is 33.5 Å². The van der Waals surface area contributed by atoms with E-state index in [4.69, 9.17) is 16.2 Å². The molecule has 4 heteroatoms. The lowest BCUT2D eigenvalue weighted by Gasteiger charge is -2.06. The van der Waals surface area contributed by atoms with Gasteiger partial charge in [-0.2, -0.15) is 0 Å². The van der Waals surface area contributed by atoms with E-state index in [-0.39, 0.29) is 5.75 Å². The number of hydrogen-bond acceptors (Lipinski definition) is 1. The Kier molecular flexibility index (Phi) is 3.28. The molecule has 0 radical (unpaired) electrons. The zero-order chi connectivity index (χ0) is 11.7. The molecular weight excluding hydrogens is 244 g/mol. The predicted molar refractivity (Wildman–Crippen MR) is 68.2 cm³/mol. The van der Waals surface area contributed by atoms with Gasteiger partial charge in [-0.3, -0.25) is 0 Å². The maximum atomic E-state index is 10.8. The van der Waals surface area contributed by atoms with E-state index in [0.29, 0.717) is 5.02 Å². The summed E-state index contributed by atoms with van der Waals surface area (Å²) in [4.78, 5) is 0. The Balaban J connectivity index is 2.59. The van der Waals surface area contributed by atoms with E-state index in [0.717, 1.165) is 21.9 Å². The van der Waals surface area contributed by atoms with Gasteiger partial charge in [-0.1, -0.05) is 23.7 Å². The third-order valence-electron chi connectivity index (χ3n) is 2.54. The van der Waals surface area contributed by atoms with Gasteiger partial charge in [0, 0.05) is 5.02 Å². The molecule has 0 spiro atoms. The highest BCUT2D eigenvalue weighted by atomic mass is 35.5. The summed E-state index contributed by atoms with van der Waals surface area (Å²) in [5.41, 5.74) is 1.91. The van der Waals surface area contributed by atoms with Crippen molar-refractivity contribution in [2.45, 2.75) is 12.7 Å². The molecule has 0 bridgehead atoms. The summed E-state index contributed by atoms with van der Waals surface area (Å²) in [6, 6.07) is 9.58. The topological polar surface area (TPSA) is 37.3 Å². The Morgan fingerprint density at radius 2 is 2.00 bits per heavy atom. The molecule has 0 fully saturated rings. The molecule has 84 valence electrons. The van der Waals surface area contributed by atoms with Gasteiger partial charge in [0.2, 0.25) is 0 Å². The van der Waals surface area contributed by atoms with Crippen LogP contribution in [0.4, 0.5) is 0 Å². The summed E-state index contributed by atoms with van der Waals surface area (Å²) in [5, 5.41) is 2.76. The number of halogens is 1. The molecule has 1 N–H and O–H groups in total. The molecule has 0 aromatic heterocycles. The second-order valence-electron chi connectivity index (χ2n) is 3.74. The lowest BCUT2D eigenvalue weighted by atomic mass is 10.0. The van der Waals surface area contributed by atoms with Crippen LogP contribution in [0.25, 0.3) is 10.8 Å².